The van der Waals surface area contributed by atoms with Crippen molar-refractivity contribution in [3.63, 3.8) is 0 Å². The van der Waals surface area contributed by atoms with Crippen LogP contribution in [0.25, 0.3) is 0 Å². The summed E-state index contributed by atoms with van der Waals surface area (Å²) in [4.78, 5) is 2.67. The van der Waals surface area contributed by atoms with E-state index in [0.29, 0.717) is 17.1 Å². The first-order valence-corrected chi connectivity index (χ1v) is 16.1. The lowest BCUT2D eigenvalue weighted by molar-refractivity contribution is -0.171. The van der Waals surface area contributed by atoms with Crippen LogP contribution in [0.2, 0.25) is 0 Å². The Balaban J connectivity index is 1.92. The van der Waals surface area contributed by atoms with Gasteiger partial charge in [-0.25, -0.2) is 0 Å². The number of halogens is 4. The molecule has 0 bridgehead atoms. The Hall–Kier alpha value is -2.80. The fraction of sp³-hybridized carbons (Fsp3) is 0.419. The zero-order valence-corrected chi connectivity index (χ0v) is 26.5. The Morgan fingerprint density at radius 1 is 0.721 bits per heavy atom. The summed E-state index contributed by atoms with van der Waals surface area (Å²) in [5.41, 5.74) is -0.156. The van der Waals surface area contributed by atoms with Crippen LogP contribution in [0, 0.1) is 0 Å². The number of ether oxygens (including phenoxy) is 3. The van der Waals surface area contributed by atoms with Crippen molar-refractivity contribution in [2.45, 2.75) is 91.6 Å². The lowest BCUT2D eigenvalue weighted by Gasteiger charge is -2.23. The summed E-state index contributed by atoms with van der Waals surface area (Å²) >= 11 is 0. The maximum absolute atomic E-state index is 14.0. The van der Waals surface area contributed by atoms with Crippen LogP contribution in [0.3, 0.4) is 0 Å². The zero-order chi connectivity index (χ0) is 32.3. The van der Waals surface area contributed by atoms with Crippen molar-refractivity contribution >= 4 is 21.0 Å². The molecule has 3 aromatic rings. The fourth-order valence-corrected chi connectivity index (χ4v) is 6.60. The van der Waals surface area contributed by atoms with Gasteiger partial charge >= 0.3 is 21.3 Å². The van der Waals surface area contributed by atoms with Crippen molar-refractivity contribution in [1.82, 2.24) is 0 Å². The van der Waals surface area contributed by atoms with Gasteiger partial charge < -0.3 is 14.2 Å². The monoisotopic (exact) mass is 645 g/mol. The van der Waals surface area contributed by atoms with E-state index in [1.165, 1.54) is 0 Å². The van der Waals surface area contributed by atoms with Crippen molar-refractivity contribution in [1.29, 1.82) is 0 Å². The predicted octanol–water partition coefficient (Wildman–Crippen LogP) is 8.16. The average molecular weight is 646 g/mol. The molecule has 0 aliphatic carbocycles. The van der Waals surface area contributed by atoms with E-state index in [1.807, 2.05) is 102 Å². The second-order valence-corrected chi connectivity index (χ2v) is 15.2. The predicted molar refractivity (Wildman–Crippen MR) is 158 cm³/mol. The minimum absolute atomic E-state index is 0.205. The van der Waals surface area contributed by atoms with Crippen molar-refractivity contribution in [3.05, 3.63) is 78.4 Å². The first-order chi connectivity index (χ1) is 19.7. The van der Waals surface area contributed by atoms with Gasteiger partial charge in [0.15, 0.2) is 14.7 Å². The molecule has 0 saturated carbocycles. The number of rotatable bonds is 12. The summed E-state index contributed by atoms with van der Waals surface area (Å²) in [6, 6.07) is 22.4. The topological polar surface area (TPSA) is 82.1 Å². The van der Waals surface area contributed by atoms with Crippen molar-refractivity contribution in [3.8, 4) is 11.5 Å². The highest BCUT2D eigenvalue weighted by molar-refractivity contribution is 7.97. The van der Waals surface area contributed by atoms with Crippen LogP contribution < -0.4 is 9.47 Å². The molecular formula is C31H37F4O6S2+. The van der Waals surface area contributed by atoms with Gasteiger partial charge in [-0.05, 0) is 96.1 Å². The summed E-state index contributed by atoms with van der Waals surface area (Å²) in [6.07, 6.45) is -1.61. The van der Waals surface area contributed by atoms with Gasteiger partial charge in [0.1, 0.15) is 22.7 Å². The van der Waals surface area contributed by atoms with E-state index in [1.54, 1.807) is 12.1 Å². The molecule has 0 atom stereocenters. The van der Waals surface area contributed by atoms with Gasteiger partial charge in [0.25, 0.3) is 0 Å². The van der Waals surface area contributed by atoms with Crippen LogP contribution in [-0.2, 0) is 32.4 Å². The van der Waals surface area contributed by atoms with E-state index in [4.69, 9.17) is 18.8 Å². The summed E-state index contributed by atoms with van der Waals surface area (Å²) in [5, 5.41) is -5.64. The third-order valence-electron chi connectivity index (χ3n) is 5.73. The molecule has 0 radical (unpaired) electrons. The normalized spacial score (nSPS) is 13.3. The maximum atomic E-state index is 14.0. The van der Waals surface area contributed by atoms with Gasteiger partial charge in [-0.3, -0.25) is 4.55 Å². The first-order valence-electron chi connectivity index (χ1n) is 13.4. The second-order valence-electron chi connectivity index (χ2n) is 11.8. The molecule has 0 heterocycles. The molecule has 0 fully saturated rings. The molecule has 0 spiro atoms. The van der Waals surface area contributed by atoms with E-state index in [9.17, 15) is 26.0 Å². The number of hydrogen-bond donors (Lipinski definition) is 1. The van der Waals surface area contributed by atoms with E-state index in [2.05, 4.69) is 0 Å². The quantitative estimate of drug-likeness (QED) is 0.0927. The van der Waals surface area contributed by atoms with Crippen LogP contribution >= 0.6 is 0 Å². The first kappa shape index (κ1) is 34.7. The number of alkyl halides is 4. The van der Waals surface area contributed by atoms with Crippen molar-refractivity contribution < 1.29 is 44.7 Å². The fourth-order valence-electron chi connectivity index (χ4n) is 3.92. The Bertz CT molecular complexity index is 1400. The Morgan fingerprint density at radius 3 is 1.58 bits per heavy atom. The molecule has 3 aromatic carbocycles. The second kappa shape index (κ2) is 13.1. The lowest BCUT2D eigenvalue weighted by atomic mass is 10.2. The molecule has 0 unspecified atom stereocenters. The smallest absolute Gasteiger partial charge is 0.431 e. The van der Waals surface area contributed by atoms with E-state index < -0.39 is 56.4 Å². The third-order valence-corrected chi connectivity index (χ3v) is 9.00. The van der Waals surface area contributed by atoms with Gasteiger partial charge in [-0.15, -0.1) is 0 Å². The zero-order valence-electron chi connectivity index (χ0n) is 24.9. The molecule has 0 aliphatic heterocycles. The largest absolute Gasteiger partial charge is 0.488 e. The molecule has 12 heteroatoms. The molecule has 0 amide bonds. The van der Waals surface area contributed by atoms with Gasteiger partial charge in [0.2, 0.25) is 0 Å². The molecule has 1 N–H and O–H groups in total. The van der Waals surface area contributed by atoms with Crippen molar-refractivity contribution in [2.75, 3.05) is 6.61 Å². The molecule has 43 heavy (non-hydrogen) atoms. The molecule has 0 aliphatic rings. The Kier molecular flexibility index (Phi) is 10.5. The minimum atomic E-state index is -6.31. The van der Waals surface area contributed by atoms with Crippen LogP contribution in [0.5, 0.6) is 11.5 Å². The Labute approximate surface area is 253 Å². The summed E-state index contributed by atoms with van der Waals surface area (Å²) in [6.45, 7) is 10.6. The molecule has 6 nitrogen and oxygen atoms in total. The van der Waals surface area contributed by atoms with Gasteiger partial charge in [0.05, 0.1) is 24.1 Å². The van der Waals surface area contributed by atoms with Gasteiger partial charge in [0, 0.05) is 12.0 Å². The maximum Gasteiger partial charge on any atom is 0.431 e. The highest BCUT2D eigenvalue weighted by Crippen LogP contribution is 2.41. The summed E-state index contributed by atoms with van der Waals surface area (Å²) in [7, 11) is -7.02. The van der Waals surface area contributed by atoms with Gasteiger partial charge in [-0.1, -0.05) is 18.2 Å². The van der Waals surface area contributed by atoms with Crippen LogP contribution in [-0.4, -0.2) is 42.0 Å². The molecular weight excluding hydrogens is 608 g/mol. The summed E-state index contributed by atoms with van der Waals surface area (Å²) in [5.74, 6) is -3.65. The van der Waals surface area contributed by atoms with Crippen LogP contribution in [0.4, 0.5) is 17.6 Å². The Morgan fingerprint density at radius 2 is 1.16 bits per heavy atom. The molecule has 3 rings (SSSR count). The molecule has 236 valence electrons. The highest BCUT2D eigenvalue weighted by atomic mass is 32.2. The number of benzene rings is 3. The SMILES string of the molecule is CC(C)(C)Oc1ccc([S+](c2ccc(OC(C)(C)C)cc2)c2ccccc2COCCC(F)(F)C(F)(F)S(=O)(=O)O)cc1. The standard InChI is InChI=1S/C31H36F4O6S2/c1-28(2,3)40-23-11-15-25(16-12-23)42(26-17-13-24(14-18-26)41-29(4,5)6)27-10-8-7-9-22(27)21-39-20-19-30(32,33)31(34,35)43(36,37)38/h7-18H,19-21H2,1-6H3/p+1. The van der Waals surface area contributed by atoms with E-state index in [-0.39, 0.29) is 6.61 Å². The lowest BCUT2D eigenvalue weighted by Crippen LogP contribution is -2.47. The van der Waals surface area contributed by atoms with Crippen LogP contribution in [0.15, 0.2) is 87.5 Å². The molecule has 0 saturated heterocycles. The van der Waals surface area contributed by atoms with Crippen molar-refractivity contribution in [2.24, 2.45) is 0 Å². The van der Waals surface area contributed by atoms with Crippen LogP contribution in [0.1, 0.15) is 53.5 Å². The summed E-state index contributed by atoms with van der Waals surface area (Å²) < 4.78 is 103. The average Bonchev–Trinajstić information content (AvgIpc) is 2.87. The minimum Gasteiger partial charge on any atom is -0.488 e. The highest BCUT2D eigenvalue weighted by Gasteiger charge is 2.65. The third kappa shape index (κ3) is 9.34. The molecule has 0 aromatic heterocycles. The van der Waals surface area contributed by atoms with E-state index >= 15 is 0 Å². The van der Waals surface area contributed by atoms with Gasteiger partial charge in [-0.2, -0.15) is 26.0 Å². The number of hydrogen-bond acceptors (Lipinski definition) is 5. The van der Waals surface area contributed by atoms with E-state index in [0.717, 1.165) is 14.7 Å².